The fourth-order valence-electron chi connectivity index (χ4n) is 1.19. The summed E-state index contributed by atoms with van der Waals surface area (Å²) in [6, 6.07) is 3.07. The van der Waals surface area contributed by atoms with Gasteiger partial charge in [0.2, 0.25) is 0 Å². The normalized spacial score (nSPS) is 15.0. The van der Waals surface area contributed by atoms with Gasteiger partial charge in [-0.05, 0) is 5.92 Å². The van der Waals surface area contributed by atoms with Gasteiger partial charge in [0.25, 0.3) is 0 Å². The molecule has 0 saturated carbocycles. The summed E-state index contributed by atoms with van der Waals surface area (Å²) < 4.78 is 0. The average Bonchev–Trinajstić information content (AvgIpc) is 1.85. The Morgan fingerprint density at radius 2 is 2.00 bits per heavy atom. The third kappa shape index (κ3) is 6.10. The first-order valence-electron chi connectivity index (χ1n) is 4.31. The molecule has 0 aromatic carbocycles. The van der Waals surface area contributed by atoms with Crippen LogP contribution in [0.25, 0.3) is 0 Å². The molecule has 1 unspecified atom stereocenters. The van der Waals surface area contributed by atoms with E-state index in [9.17, 15) is 0 Å². The van der Waals surface area contributed by atoms with Gasteiger partial charge in [-0.2, -0.15) is 0 Å². The monoisotopic (exact) mass is 144 g/mol. The minimum atomic E-state index is 0.354. The van der Waals surface area contributed by atoms with Crippen LogP contribution in [0.15, 0.2) is 0 Å². The Hall–Kier alpha value is 0.217. The van der Waals surface area contributed by atoms with Crippen LogP contribution in [0.4, 0.5) is 0 Å². The zero-order valence-corrected chi connectivity index (χ0v) is 8.53. The molecule has 0 nitrogen and oxygen atoms in total. The first-order chi connectivity index (χ1) is 4.31. The molecule has 0 radical (unpaired) electrons. The lowest BCUT2D eigenvalue weighted by Crippen LogP contribution is -1.97. The van der Waals surface area contributed by atoms with E-state index in [1.807, 2.05) is 0 Å². The van der Waals surface area contributed by atoms with Crippen molar-refractivity contribution in [2.75, 3.05) is 0 Å². The van der Waals surface area contributed by atoms with Crippen LogP contribution >= 0.6 is 0 Å². The van der Waals surface area contributed by atoms with Gasteiger partial charge in [0, 0.05) is 9.52 Å². The van der Waals surface area contributed by atoms with Gasteiger partial charge in [0.05, 0.1) is 0 Å². The van der Waals surface area contributed by atoms with Gasteiger partial charge in [0.15, 0.2) is 0 Å². The van der Waals surface area contributed by atoms with E-state index in [2.05, 4.69) is 20.8 Å². The van der Waals surface area contributed by atoms with E-state index in [0.29, 0.717) is 9.52 Å². The van der Waals surface area contributed by atoms with Crippen LogP contribution in [-0.2, 0) is 0 Å². The molecule has 9 heavy (non-hydrogen) atoms. The first-order valence-corrected chi connectivity index (χ1v) is 6.31. The average molecular weight is 144 g/mol. The van der Waals surface area contributed by atoms with Crippen LogP contribution < -0.4 is 0 Å². The van der Waals surface area contributed by atoms with Gasteiger partial charge in [0.1, 0.15) is 0 Å². The highest BCUT2D eigenvalue weighted by Crippen LogP contribution is 2.09. The first kappa shape index (κ1) is 9.22. The van der Waals surface area contributed by atoms with E-state index in [0.717, 1.165) is 5.92 Å². The Labute approximate surface area is 61.9 Å². The summed E-state index contributed by atoms with van der Waals surface area (Å²) in [5.74, 6) is 1.03. The summed E-state index contributed by atoms with van der Waals surface area (Å²) in [4.78, 5) is 0. The second kappa shape index (κ2) is 6.34. The van der Waals surface area contributed by atoms with Crippen molar-refractivity contribution in [1.29, 1.82) is 0 Å². The lowest BCUT2D eigenvalue weighted by molar-refractivity contribution is 0.573. The Morgan fingerprint density at radius 3 is 2.44 bits per heavy atom. The predicted molar refractivity (Wildman–Crippen MR) is 47.9 cm³/mol. The Kier molecular flexibility index (Phi) is 6.49. The Bertz CT molecular complexity index is 52.5. The minimum absolute atomic E-state index is 0.354. The van der Waals surface area contributed by atoms with Crippen molar-refractivity contribution in [1.82, 2.24) is 0 Å². The number of hydrogen-bond donors (Lipinski definition) is 0. The third-order valence-electron chi connectivity index (χ3n) is 1.83. The number of hydrogen-bond acceptors (Lipinski definition) is 0. The fraction of sp³-hybridized carbons (Fsp3) is 1.00. The molecule has 0 spiro atoms. The Morgan fingerprint density at radius 1 is 1.33 bits per heavy atom. The quantitative estimate of drug-likeness (QED) is 0.520. The van der Waals surface area contributed by atoms with E-state index in [-0.39, 0.29) is 0 Å². The lowest BCUT2D eigenvalue weighted by Gasteiger charge is -2.06. The second-order valence-corrected chi connectivity index (χ2v) is 5.32. The fourth-order valence-corrected chi connectivity index (χ4v) is 2.58. The molecule has 0 heterocycles. The van der Waals surface area contributed by atoms with E-state index < -0.39 is 0 Å². The molecule has 0 aromatic rings. The van der Waals surface area contributed by atoms with Crippen molar-refractivity contribution in [2.45, 2.75) is 45.7 Å². The van der Waals surface area contributed by atoms with Crippen LogP contribution in [0.3, 0.4) is 0 Å². The molecular weight excluding hydrogens is 124 g/mol. The molecule has 0 aliphatic rings. The third-order valence-corrected chi connectivity index (χ3v) is 3.93. The maximum atomic E-state index is 2.40. The maximum absolute atomic E-state index is 2.40. The Balaban J connectivity index is 2.95. The van der Waals surface area contributed by atoms with Gasteiger partial charge in [-0.25, -0.2) is 0 Å². The highest BCUT2D eigenvalue weighted by atomic mass is 28.2. The molecule has 1 heteroatoms. The zero-order valence-electron chi connectivity index (χ0n) is 7.11. The van der Waals surface area contributed by atoms with Gasteiger partial charge >= 0.3 is 0 Å². The highest BCUT2D eigenvalue weighted by Gasteiger charge is 1.97. The van der Waals surface area contributed by atoms with Crippen LogP contribution in [0.5, 0.6) is 0 Å². The lowest BCUT2D eigenvalue weighted by atomic mass is 10.1. The van der Waals surface area contributed by atoms with Gasteiger partial charge in [-0.1, -0.05) is 45.7 Å². The van der Waals surface area contributed by atoms with Crippen molar-refractivity contribution in [3.8, 4) is 0 Å². The molecule has 0 aliphatic heterocycles. The minimum Gasteiger partial charge on any atom is -0.0683 e. The van der Waals surface area contributed by atoms with Crippen molar-refractivity contribution < 1.29 is 0 Å². The summed E-state index contributed by atoms with van der Waals surface area (Å²) in [5, 5.41) is 0. The molecule has 0 rings (SSSR count). The molecule has 0 fully saturated rings. The second-order valence-electron chi connectivity index (χ2n) is 3.04. The largest absolute Gasteiger partial charge is 0.0683 e. The molecule has 56 valence electrons. The van der Waals surface area contributed by atoms with E-state index in [1.54, 1.807) is 6.04 Å². The van der Waals surface area contributed by atoms with Crippen molar-refractivity contribution >= 4 is 9.52 Å². The van der Waals surface area contributed by atoms with Crippen molar-refractivity contribution in [3.63, 3.8) is 0 Å². The molecule has 0 saturated heterocycles. The smallest absolute Gasteiger partial charge is 0.0197 e. The molecule has 1 atom stereocenters. The van der Waals surface area contributed by atoms with E-state index >= 15 is 0 Å². The summed E-state index contributed by atoms with van der Waals surface area (Å²) in [5.41, 5.74) is 0. The summed E-state index contributed by atoms with van der Waals surface area (Å²) in [6.45, 7) is 7.00. The molecule has 0 aliphatic carbocycles. The van der Waals surface area contributed by atoms with Crippen LogP contribution in [-0.4, -0.2) is 9.52 Å². The topological polar surface area (TPSA) is 0 Å². The van der Waals surface area contributed by atoms with E-state index in [4.69, 9.17) is 0 Å². The summed E-state index contributed by atoms with van der Waals surface area (Å²) >= 11 is 0. The van der Waals surface area contributed by atoms with Gasteiger partial charge in [-0.3, -0.25) is 0 Å². The van der Waals surface area contributed by atoms with Gasteiger partial charge in [-0.15, -0.1) is 0 Å². The molecule has 0 bridgehead atoms. The van der Waals surface area contributed by atoms with Crippen LogP contribution in [0.2, 0.25) is 12.1 Å². The van der Waals surface area contributed by atoms with Crippen LogP contribution in [0, 0.1) is 5.92 Å². The molecule has 0 N–H and O–H groups in total. The van der Waals surface area contributed by atoms with E-state index in [1.165, 1.54) is 18.9 Å². The standard InChI is InChI=1S/C8H20Si/c1-4-6-8(3)7-9-5-2/h8H,4-7,9H2,1-3H3. The highest BCUT2D eigenvalue weighted by molar-refractivity contribution is 6.35. The van der Waals surface area contributed by atoms with Crippen molar-refractivity contribution in [2.24, 2.45) is 5.92 Å². The van der Waals surface area contributed by atoms with Crippen molar-refractivity contribution in [3.05, 3.63) is 0 Å². The molecule has 0 aromatic heterocycles. The predicted octanol–water partition coefficient (Wildman–Crippen LogP) is 2.45. The number of rotatable bonds is 5. The molecule has 0 amide bonds. The summed E-state index contributed by atoms with van der Waals surface area (Å²) in [6.07, 6.45) is 2.83. The SMILES string of the molecule is CCCC(C)C[SiH2]CC. The zero-order chi connectivity index (χ0) is 7.11. The summed E-state index contributed by atoms with van der Waals surface area (Å²) in [7, 11) is 0.354. The molecular formula is C8H20Si. The van der Waals surface area contributed by atoms with Gasteiger partial charge < -0.3 is 0 Å². The van der Waals surface area contributed by atoms with Crippen LogP contribution in [0.1, 0.15) is 33.6 Å². The maximum Gasteiger partial charge on any atom is 0.0197 e.